The number of hydrogen-bond donors (Lipinski definition) is 2. The van der Waals surface area contributed by atoms with Gasteiger partial charge in [0.15, 0.2) is 0 Å². The van der Waals surface area contributed by atoms with E-state index < -0.39 is 11.7 Å². The van der Waals surface area contributed by atoms with Crippen molar-refractivity contribution in [3.63, 3.8) is 0 Å². The second-order valence-corrected chi connectivity index (χ2v) is 8.94. The van der Waals surface area contributed by atoms with Crippen LogP contribution in [0.25, 0.3) is 0 Å². The third kappa shape index (κ3) is 5.08. The number of benzene rings is 1. The summed E-state index contributed by atoms with van der Waals surface area (Å²) in [6, 6.07) is 3.58. The van der Waals surface area contributed by atoms with Crippen molar-refractivity contribution in [3.8, 4) is 0 Å². The van der Waals surface area contributed by atoms with Gasteiger partial charge in [0, 0.05) is 63.6 Å². The molecule has 4 rings (SSSR count). The average Bonchev–Trinajstić information content (AvgIpc) is 2.79. The smallest absolute Gasteiger partial charge is 0.395 e. The van der Waals surface area contributed by atoms with E-state index in [2.05, 4.69) is 15.2 Å². The van der Waals surface area contributed by atoms with Crippen molar-refractivity contribution in [2.24, 2.45) is 0 Å². The minimum Gasteiger partial charge on any atom is -0.395 e. The molecule has 0 spiro atoms. The number of anilines is 2. The van der Waals surface area contributed by atoms with E-state index in [-0.39, 0.29) is 29.6 Å². The Morgan fingerprint density at radius 3 is 2.62 bits per heavy atom. The Bertz CT molecular complexity index is 1060. The third-order valence-corrected chi connectivity index (χ3v) is 6.57. The number of nitrogens with zero attached hydrogens (tertiary/aromatic N) is 4. The SMILES string of the molecule is Cc1c(C(=O)N2CCN(CCO)CC2)cnc2c1N(Cc1cc(Cl)ccc1C(F)(F)F)CCN2. The van der Waals surface area contributed by atoms with E-state index in [9.17, 15) is 18.0 Å². The number of pyridine rings is 1. The van der Waals surface area contributed by atoms with Gasteiger partial charge in [-0.05, 0) is 36.2 Å². The molecule has 1 fully saturated rings. The van der Waals surface area contributed by atoms with Crippen LogP contribution in [-0.4, -0.2) is 78.2 Å². The summed E-state index contributed by atoms with van der Waals surface area (Å²) >= 11 is 6.02. The van der Waals surface area contributed by atoms with E-state index >= 15 is 0 Å². The molecule has 34 heavy (non-hydrogen) atoms. The van der Waals surface area contributed by atoms with Gasteiger partial charge in [-0.25, -0.2) is 4.98 Å². The second-order valence-electron chi connectivity index (χ2n) is 8.50. The van der Waals surface area contributed by atoms with E-state index in [4.69, 9.17) is 16.7 Å². The predicted molar refractivity (Wildman–Crippen MR) is 124 cm³/mol. The lowest BCUT2D eigenvalue weighted by Crippen LogP contribution is -2.49. The zero-order chi connectivity index (χ0) is 24.5. The minimum atomic E-state index is -4.50. The molecule has 0 bridgehead atoms. The number of rotatable bonds is 5. The summed E-state index contributed by atoms with van der Waals surface area (Å²) in [5, 5.41) is 12.5. The summed E-state index contributed by atoms with van der Waals surface area (Å²) in [4.78, 5) is 23.4. The Balaban J connectivity index is 1.62. The molecule has 2 aromatic rings. The number of hydrogen-bond acceptors (Lipinski definition) is 6. The molecule has 2 aliphatic rings. The van der Waals surface area contributed by atoms with Crippen molar-refractivity contribution in [1.82, 2.24) is 14.8 Å². The number of halogens is 4. The van der Waals surface area contributed by atoms with Gasteiger partial charge in [-0.2, -0.15) is 13.2 Å². The van der Waals surface area contributed by atoms with Crippen LogP contribution >= 0.6 is 11.6 Å². The molecule has 3 heterocycles. The Labute approximate surface area is 201 Å². The van der Waals surface area contributed by atoms with Crippen LogP contribution in [0, 0.1) is 6.92 Å². The second kappa shape index (κ2) is 9.97. The zero-order valence-corrected chi connectivity index (χ0v) is 19.6. The minimum absolute atomic E-state index is 0.00984. The fourth-order valence-corrected chi connectivity index (χ4v) is 4.76. The number of amides is 1. The van der Waals surface area contributed by atoms with Crippen LogP contribution in [0.15, 0.2) is 24.4 Å². The summed E-state index contributed by atoms with van der Waals surface area (Å²) in [5.41, 5.74) is 1.09. The number of aliphatic hydroxyl groups is 1. The van der Waals surface area contributed by atoms with Crippen LogP contribution < -0.4 is 10.2 Å². The molecular weight excluding hydrogens is 471 g/mol. The molecule has 0 aliphatic carbocycles. The van der Waals surface area contributed by atoms with Crippen LogP contribution in [0.2, 0.25) is 5.02 Å². The first kappa shape index (κ1) is 24.6. The summed E-state index contributed by atoms with van der Waals surface area (Å²) in [5.74, 6) is 0.393. The molecule has 2 N–H and O–H groups in total. The Morgan fingerprint density at radius 2 is 1.94 bits per heavy atom. The highest BCUT2D eigenvalue weighted by atomic mass is 35.5. The molecular formula is C23H27ClF3N5O2. The molecule has 0 saturated carbocycles. The molecule has 0 atom stereocenters. The summed E-state index contributed by atoms with van der Waals surface area (Å²) in [7, 11) is 0. The molecule has 11 heteroatoms. The monoisotopic (exact) mass is 497 g/mol. The molecule has 0 radical (unpaired) electrons. The van der Waals surface area contributed by atoms with Crippen molar-refractivity contribution >= 4 is 29.0 Å². The third-order valence-electron chi connectivity index (χ3n) is 6.34. The number of aromatic nitrogens is 1. The largest absolute Gasteiger partial charge is 0.416 e. The van der Waals surface area contributed by atoms with Crippen molar-refractivity contribution in [1.29, 1.82) is 0 Å². The summed E-state index contributed by atoms with van der Waals surface area (Å²) in [6.07, 6.45) is -2.96. The van der Waals surface area contributed by atoms with E-state index in [0.717, 1.165) is 6.07 Å². The highest BCUT2D eigenvalue weighted by molar-refractivity contribution is 6.30. The van der Waals surface area contributed by atoms with E-state index in [1.807, 2.05) is 4.90 Å². The molecule has 2 aliphatic heterocycles. The number of alkyl halides is 3. The van der Waals surface area contributed by atoms with Gasteiger partial charge in [0.1, 0.15) is 5.82 Å². The van der Waals surface area contributed by atoms with E-state index in [1.165, 1.54) is 18.3 Å². The lowest BCUT2D eigenvalue weighted by Gasteiger charge is -2.36. The number of carbonyl (C=O) groups is 1. The lowest BCUT2D eigenvalue weighted by molar-refractivity contribution is -0.138. The maximum atomic E-state index is 13.6. The fourth-order valence-electron chi connectivity index (χ4n) is 4.56. The number of β-amino-alcohol motifs (C(OH)–C–C–N with tert-alkyl or cyclic N) is 1. The molecule has 1 aromatic carbocycles. The normalized spacial score (nSPS) is 16.9. The number of carbonyl (C=O) groups excluding carboxylic acids is 1. The zero-order valence-electron chi connectivity index (χ0n) is 18.8. The Morgan fingerprint density at radius 1 is 1.21 bits per heavy atom. The quantitative estimate of drug-likeness (QED) is 0.661. The van der Waals surface area contributed by atoms with E-state index in [1.54, 1.807) is 11.8 Å². The molecule has 1 aromatic heterocycles. The van der Waals surface area contributed by atoms with Crippen LogP contribution in [0.1, 0.15) is 27.0 Å². The van der Waals surface area contributed by atoms with Gasteiger partial charge in [0.25, 0.3) is 5.91 Å². The topological polar surface area (TPSA) is 71.9 Å². The van der Waals surface area contributed by atoms with Crippen LogP contribution in [0.5, 0.6) is 0 Å². The van der Waals surface area contributed by atoms with Crippen LogP contribution in [-0.2, 0) is 12.7 Å². The van der Waals surface area contributed by atoms with Crippen LogP contribution in [0.4, 0.5) is 24.7 Å². The maximum absolute atomic E-state index is 13.6. The van der Waals surface area contributed by atoms with Crippen LogP contribution in [0.3, 0.4) is 0 Å². The van der Waals surface area contributed by atoms with Crippen molar-refractivity contribution in [2.75, 3.05) is 62.6 Å². The molecule has 1 amide bonds. The number of nitrogens with one attached hydrogen (secondary N) is 1. The average molecular weight is 498 g/mol. The van der Waals surface area contributed by atoms with Gasteiger partial charge in [-0.1, -0.05) is 11.6 Å². The first-order valence-corrected chi connectivity index (χ1v) is 11.5. The van der Waals surface area contributed by atoms with Gasteiger partial charge in [0.05, 0.1) is 23.4 Å². The fraction of sp³-hybridized carbons (Fsp3) is 0.478. The molecule has 7 nitrogen and oxygen atoms in total. The van der Waals surface area contributed by atoms with Gasteiger partial charge >= 0.3 is 6.18 Å². The Hall–Kier alpha value is -2.56. The highest BCUT2D eigenvalue weighted by Crippen LogP contribution is 2.38. The molecule has 184 valence electrons. The maximum Gasteiger partial charge on any atom is 0.416 e. The van der Waals surface area contributed by atoms with Gasteiger partial charge in [-0.15, -0.1) is 0 Å². The number of fused-ring (bicyclic) bond motifs is 1. The standard InChI is InChI=1S/C23H27ClF3N5O2/c1-15-18(22(34)31-8-6-30(7-9-31)10-11-33)13-29-21-20(15)32(5-4-28-21)14-16-12-17(24)2-3-19(16)23(25,26)27/h2-3,12-13,33H,4-11,14H2,1H3,(H,28,29). The summed E-state index contributed by atoms with van der Waals surface area (Å²) in [6.45, 7) is 5.84. The van der Waals surface area contributed by atoms with Crippen molar-refractivity contribution in [3.05, 3.63) is 51.7 Å². The lowest BCUT2D eigenvalue weighted by atomic mass is 10.0. The van der Waals surface area contributed by atoms with Gasteiger partial charge in [-0.3, -0.25) is 9.69 Å². The molecule has 1 saturated heterocycles. The van der Waals surface area contributed by atoms with E-state index in [0.29, 0.717) is 68.4 Å². The Kier molecular flexibility index (Phi) is 7.20. The highest BCUT2D eigenvalue weighted by Gasteiger charge is 2.35. The summed E-state index contributed by atoms with van der Waals surface area (Å²) < 4.78 is 40.8. The van der Waals surface area contributed by atoms with Gasteiger partial charge in [0.2, 0.25) is 0 Å². The first-order valence-electron chi connectivity index (χ1n) is 11.2. The van der Waals surface area contributed by atoms with Gasteiger partial charge < -0.3 is 20.2 Å². The van der Waals surface area contributed by atoms with Crippen molar-refractivity contribution in [2.45, 2.75) is 19.6 Å². The predicted octanol–water partition coefficient (Wildman–Crippen LogP) is 3.24. The molecule has 0 unspecified atom stereocenters. The van der Waals surface area contributed by atoms with Crippen molar-refractivity contribution < 1.29 is 23.1 Å². The number of piperazine rings is 1. The first-order chi connectivity index (χ1) is 16.2. The number of aliphatic hydroxyl groups excluding tert-OH is 1.